The van der Waals surface area contributed by atoms with Crippen molar-refractivity contribution in [2.75, 3.05) is 18.2 Å². The van der Waals surface area contributed by atoms with Crippen molar-refractivity contribution in [1.29, 1.82) is 0 Å². The molecule has 0 atom stereocenters. The highest BCUT2D eigenvalue weighted by atomic mass is 16.7. The van der Waals surface area contributed by atoms with Crippen molar-refractivity contribution in [2.24, 2.45) is 0 Å². The van der Waals surface area contributed by atoms with Crippen LogP contribution in [0.5, 0.6) is 11.5 Å². The second kappa shape index (κ2) is 4.06. The highest BCUT2D eigenvalue weighted by Crippen LogP contribution is 2.36. The molecule has 2 aliphatic heterocycles. The summed E-state index contributed by atoms with van der Waals surface area (Å²) in [5.74, 6) is 1.36. The highest BCUT2D eigenvalue weighted by molar-refractivity contribution is 5.59. The van der Waals surface area contributed by atoms with Crippen molar-refractivity contribution in [1.82, 2.24) is 0 Å². The van der Waals surface area contributed by atoms with Crippen LogP contribution < -0.4 is 14.4 Å². The number of ether oxygens (including phenoxy) is 2. The van der Waals surface area contributed by atoms with Gasteiger partial charge in [0, 0.05) is 24.0 Å². The molecule has 0 bridgehead atoms. The van der Waals surface area contributed by atoms with Crippen LogP contribution in [-0.4, -0.2) is 18.3 Å². The fourth-order valence-electron chi connectivity index (χ4n) is 1.90. The number of benzene rings is 1. The zero-order valence-corrected chi connectivity index (χ0v) is 9.41. The van der Waals surface area contributed by atoms with Crippen molar-refractivity contribution in [3.05, 3.63) is 52.4 Å². The van der Waals surface area contributed by atoms with Crippen LogP contribution in [0, 0.1) is 10.1 Å². The van der Waals surface area contributed by atoms with Crippen LogP contribution in [0.1, 0.15) is 0 Å². The van der Waals surface area contributed by atoms with Crippen LogP contribution in [-0.2, 0) is 0 Å². The Balaban J connectivity index is 1.86. The van der Waals surface area contributed by atoms with E-state index in [0.717, 1.165) is 5.69 Å². The Hall–Kier alpha value is -2.50. The number of hydrogen-bond donors (Lipinski definition) is 0. The summed E-state index contributed by atoms with van der Waals surface area (Å²) in [5, 5.41) is 10.8. The van der Waals surface area contributed by atoms with E-state index in [1.165, 1.54) is 6.08 Å². The first kappa shape index (κ1) is 10.6. The standard InChI is InChI=1S/C12H10N2O4/c15-14(16)10-2-1-5-13(7-10)9-3-4-11-12(6-9)18-8-17-11/h1-6H,7-8H2. The molecular formula is C12H10N2O4. The number of allylic oxidation sites excluding steroid dienone is 2. The molecule has 2 heterocycles. The van der Waals surface area contributed by atoms with Gasteiger partial charge in [0.05, 0.1) is 4.92 Å². The van der Waals surface area contributed by atoms with E-state index in [4.69, 9.17) is 9.47 Å². The fourth-order valence-corrected chi connectivity index (χ4v) is 1.90. The van der Waals surface area contributed by atoms with E-state index in [1.807, 2.05) is 12.1 Å². The lowest BCUT2D eigenvalue weighted by Gasteiger charge is -2.21. The lowest BCUT2D eigenvalue weighted by molar-refractivity contribution is -0.425. The van der Waals surface area contributed by atoms with E-state index in [1.54, 1.807) is 23.2 Å². The van der Waals surface area contributed by atoms with Gasteiger partial charge in [-0.3, -0.25) is 10.1 Å². The summed E-state index contributed by atoms with van der Waals surface area (Å²) in [6.45, 7) is 0.456. The molecule has 0 spiro atoms. The first-order chi connectivity index (χ1) is 8.74. The molecule has 0 amide bonds. The molecule has 0 saturated carbocycles. The SMILES string of the molecule is O=[N+]([O-])C1=CC=CN(c2ccc3c(c2)OCO3)C1. The molecule has 3 rings (SSSR count). The zero-order chi connectivity index (χ0) is 12.5. The summed E-state index contributed by atoms with van der Waals surface area (Å²) in [7, 11) is 0. The third kappa shape index (κ3) is 1.77. The second-order valence-electron chi connectivity index (χ2n) is 3.92. The summed E-state index contributed by atoms with van der Waals surface area (Å²) in [4.78, 5) is 12.2. The lowest BCUT2D eigenvalue weighted by Crippen LogP contribution is -2.24. The minimum atomic E-state index is -0.372. The number of fused-ring (bicyclic) bond motifs is 1. The predicted octanol–water partition coefficient (Wildman–Crippen LogP) is 1.91. The predicted molar refractivity (Wildman–Crippen MR) is 64.1 cm³/mol. The Kier molecular flexibility index (Phi) is 2.40. The summed E-state index contributed by atoms with van der Waals surface area (Å²) in [5.41, 5.74) is 0.998. The van der Waals surface area contributed by atoms with Crippen molar-refractivity contribution in [3.63, 3.8) is 0 Å². The van der Waals surface area contributed by atoms with Crippen LogP contribution >= 0.6 is 0 Å². The van der Waals surface area contributed by atoms with Gasteiger partial charge in [-0.15, -0.1) is 0 Å². The van der Waals surface area contributed by atoms with E-state index in [0.29, 0.717) is 11.5 Å². The van der Waals surface area contributed by atoms with Crippen molar-refractivity contribution >= 4 is 5.69 Å². The normalized spacial score (nSPS) is 16.7. The number of nitrogens with zero attached hydrogens (tertiary/aromatic N) is 2. The van der Waals surface area contributed by atoms with E-state index < -0.39 is 0 Å². The highest BCUT2D eigenvalue weighted by Gasteiger charge is 2.20. The quantitative estimate of drug-likeness (QED) is 0.589. The molecular weight excluding hydrogens is 236 g/mol. The van der Waals surface area contributed by atoms with Crippen LogP contribution in [0.25, 0.3) is 0 Å². The van der Waals surface area contributed by atoms with E-state index in [2.05, 4.69) is 0 Å². The Labute approximate surface area is 103 Å². The van der Waals surface area contributed by atoms with Crippen molar-refractivity contribution < 1.29 is 14.4 Å². The minimum absolute atomic E-state index is 0.162. The molecule has 0 aliphatic carbocycles. The summed E-state index contributed by atoms with van der Waals surface area (Å²) in [6.07, 6.45) is 4.96. The van der Waals surface area contributed by atoms with Gasteiger partial charge in [0.1, 0.15) is 6.54 Å². The monoisotopic (exact) mass is 246 g/mol. The average molecular weight is 246 g/mol. The maximum Gasteiger partial charge on any atom is 0.265 e. The molecule has 1 aromatic rings. The molecule has 0 aromatic heterocycles. The Morgan fingerprint density at radius 3 is 2.94 bits per heavy atom. The first-order valence-corrected chi connectivity index (χ1v) is 5.42. The van der Waals surface area contributed by atoms with Gasteiger partial charge in [0.25, 0.3) is 5.70 Å². The zero-order valence-electron chi connectivity index (χ0n) is 9.41. The second-order valence-corrected chi connectivity index (χ2v) is 3.92. The third-order valence-electron chi connectivity index (χ3n) is 2.81. The summed E-state index contributed by atoms with van der Waals surface area (Å²) >= 11 is 0. The average Bonchev–Trinajstić information content (AvgIpc) is 2.86. The van der Waals surface area contributed by atoms with Crippen LogP contribution in [0.15, 0.2) is 42.2 Å². The molecule has 0 N–H and O–H groups in total. The van der Waals surface area contributed by atoms with E-state index >= 15 is 0 Å². The van der Waals surface area contributed by atoms with Gasteiger partial charge in [-0.1, -0.05) is 0 Å². The van der Waals surface area contributed by atoms with E-state index in [9.17, 15) is 10.1 Å². The maximum atomic E-state index is 10.8. The van der Waals surface area contributed by atoms with Crippen LogP contribution in [0.3, 0.4) is 0 Å². The fraction of sp³-hybridized carbons (Fsp3) is 0.167. The number of nitro groups is 1. The van der Waals surface area contributed by atoms with Gasteiger partial charge in [-0.25, -0.2) is 0 Å². The Morgan fingerprint density at radius 1 is 1.28 bits per heavy atom. The van der Waals surface area contributed by atoms with Gasteiger partial charge >= 0.3 is 0 Å². The third-order valence-corrected chi connectivity index (χ3v) is 2.81. The molecule has 0 saturated heterocycles. The Bertz CT molecular complexity index is 565. The van der Waals surface area contributed by atoms with Crippen molar-refractivity contribution in [2.45, 2.75) is 0 Å². The molecule has 18 heavy (non-hydrogen) atoms. The van der Waals surface area contributed by atoms with Gasteiger partial charge in [-0.05, 0) is 18.2 Å². The molecule has 2 aliphatic rings. The molecule has 0 radical (unpaired) electrons. The van der Waals surface area contributed by atoms with Gasteiger partial charge in [0.2, 0.25) is 6.79 Å². The number of hydrogen-bond acceptors (Lipinski definition) is 5. The van der Waals surface area contributed by atoms with Gasteiger partial charge in [-0.2, -0.15) is 0 Å². The molecule has 1 aromatic carbocycles. The molecule has 0 fully saturated rings. The Morgan fingerprint density at radius 2 is 2.11 bits per heavy atom. The largest absolute Gasteiger partial charge is 0.454 e. The van der Waals surface area contributed by atoms with Gasteiger partial charge in [0.15, 0.2) is 11.5 Å². The summed E-state index contributed by atoms with van der Waals surface area (Å²) in [6, 6.07) is 5.46. The summed E-state index contributed by atoms with van der Waals surface area (Å²) < 4.78 is 10.5. The van der Waals surface area contributed by atoms with Gasteiger partial charge < -0.3 is 14.4 Å². The molecule has 6 heteroatoms. The maximum absolute atomic E-state index is 10.8. The minimum Gasteiger partial charge on any atom is -0.454 e. The number of anilines is 1. The first-order valence-electron chi connectivity index (χ1n) is 5.42. The van der Waals surface area contributed by atoms with Crippen molar-refractivity contribution in [3.8, 4) is 11.5 Å². The molecule has 92 valence electrons. The topological polar surface area (TPSA) is 64.8 Å². The number of rotatable bonds is 2. The lowest BCUT2D eigenvalue weighted by atomic mass is 10.2. The van der Waals surface area contributed by atoms with E-state index in [-0.39, 0.29) is 24.0 Å². The van der Waals surface area contributed by atoms with Crippen LogP contribution in [0.2, 0.25) is 0 Å². The molecule has 0 unspecified atom stereocenters. The van der Waals surface area contributed by atoms with Crippen LogP contribution in [0.4, 0.5) is 5.69 Å². The molecule has 6 nitrogen and oxygen atoms in total. The smallest absolute Gasteiger partial charge is 0.265 e.